The van der Waals surface area contributed by atoms with Crippen molar-refractivity contribution in [3.8, 4) is 0 Å². The molecular weight excluding hydrogens is 316 g/mol. The first-order chi connectivity index (χ1) is 12.1. The van der Waals surface area contributed by atoms with E-state index in [4.69, 9.17) is 9.15 Å². The lowest BCUT2D eigenvalue weighted by Gasteiger charge is -2.40. The van der Waals surface area contributed by atoms with Crippen LogP contribution in [0.4, 0.5) is 0 Å². The van der Waals surface area contributed by atoms with Crippen molar-refractivity contribution in [3.63, 3.8) is 0 Å². The van der Waals surface area contributed by atoms with E-state index in [-0.39, 0.29) is 17.5 Å². The van der Waals surface area contributed by atoms with Crippen molar-refractivity contribution < 1.29 is 13.9 Å². The molecule has 1 saturated heterocycles. The Morgan fingerprint density at radius 1 is 1.20 bits per heavy atom. The van der Waals surface area contributed by atoms with Gasteiger partial charge in [0.1, 0.15) is 5.76 Å². The second-order valence-corrected chi connectivity index (χ2v) is 6.74. The molecular formula is C20H26N2O3. The van der Waals surface area contributed by atoms with Gasteiger partial charge in [-0.2, -0.15) is 0 Å². The summed E-state index contributed by atoms with van der Waals surface area (Å²) in [5, 5.41) is 6.82. The lowest BCUT2D eigenvalue weighted by Crippen LogP contribution is -2.57. The summed E-state index contributed by atoms with van der Waals surface area (Å²) in [6.45, 7) is 5.94. The number of carbonyl (C=O) groups excluding carboxylic acids is 1. The highest BCUT2D eigenvalue weighted by molar-refractivity contribution is 5.95. The molecule has 0 aliphatic carbocycles. The number of benzene rings is 1. The maximum absolute atomic E-state index is 12.4. The molecule has 1 aliphatic rings. The van der Waals surface area contributed by atoms with Crippen LogP contribution in [0.2, 0.25) is 0 Å². The van der Waals surface area contributed by atoms with E-state index in [1.165, 1.54) is 5.56 Å². The van der Waals surface area contributed by atoms with E-state index < -0.39 is 0 Å². The number of rotatable bonds is 6. The molecule has 0 radical (unpaired) electrons. The number of furan rings is 1. The Bertz CT molecular complexity index is 690. The van der Waals surface area contributed by atoms with Crippen molar-refractivity contribution in [1.82, 2.24) is 10.6 Å². The molecule has 134 valence electrons. The Morgan fingerprint density at radius 3 is 2.56 bits per heavy atom. The molecule has 1 aliphatic heterocycles. The Kier molecular flexibility index (Phi) is 5.56. The number of ether oxygens (including phenoxy) is 1. The summed E-state index contributed by atoms with van der Waals surface area (Å²) in [7, 11) is 0. The minimum atomic E-state index is -0.166. The van der Waals surface area contributed by atoms with Gasteiger partial charge in [0.05, 0.1) is 11.8 Å². The third-order valence-corrected chi connectivity index (χ3v) is 4.96. The van der Waals surface area contributed by atoms with Gasteiger partial charge in [0, 0.05) is 31.3 Å². The number of hydrogen-bond donors (Lipinski definition) is 2. The van der Waals surface area contributed by atoms with Gasteiger partial charge in [0.25, 0.3) is 5.91 Å². The number of hydrogen-bond acceptors (Lipinski definition) is 4. The van der Waals surface area contributed by atoms with Crippen LogP contribution in [0.15, 0.2) is 47.1 Å². The van der Waals surface area contributed by atoms with Crippen LogP contribution in [0, 0.1) is 6.92 Å². The van der Waals surface area contributed by atoms with Crippen LogP contribution in [0.1, 0.15) is 47.5 Å². The number of carbonyl (C=O) groups is 1. The molecule has 0 bridgehead atoms. The molecule has 1 fully saturated rings. The largest absolute Gasteiger partial charge is 0.469 e. The number of aryl methyl sites for hydroxylation is 1. The third kappa shape index (κ3) is 4.30. The van der Waals surface area contributed by atoms with Gasteiger partial charge in [-0.25, -0.2) is 0 Å². The van der Waals surface area contributed by atoms with Crippen LogP contribution in [-0.2, 0) is 4.74 Å². The first-order valence-corrected chi connectivity index (χ1v) is 8.82. The van der Waals surface area contributed by atoms with Gasteiger partial charge >= 0.3 is 0 Å². The van der Waals surface area contributed by atoms with Crippen LogP contribution in [0.25, 0.3) is 0 Å². The Morgan fingerprint density at radius 2 is 1.92 bits per heavy atom. The van der Waals surface area contributed by atoms with Gasteiger partial charge in [-0.3, -0.25) is 4.79 Å². The fraction of sp³-hybridized carbons (Fsp3) is 0.450. The van der Waals surface area contributed by atoms with Gasteiger partial charge in [-0.05, 0) is 38.3 Å². The van der Waals surface area contributed by atoms with Crippen molar-refractivity contribution >= 4 is 5.91 Å². The van der Waals surface area contributed by atoms with Crippen LogP contribution < -0.4 is 10.6 Å². The third-order valence-electron chi connectivity index (χ3n) is 4.96. The molecule has 2 heterocycles. The summed E-state index contributed by atoms with van der Waals surface area (Å²) < 4.78 is 10.8. The van der Waals surface area contributed by atoms with Gasteiger partial charge in [0.15, 0.2) is 0 Å². The fourth-order valence-corrected chi connectivity index (χ4v) is 3.38. The molecule has 2 aromatic rings. The molecule has 1 amide bonds. The Labute approximate surface area is 148 Å². The second kappa shape index (κ2) is 7.85. The van der Waals surface area contributed by atoms with Gasteiger partial charge < -0.3 is 19.8 Å². The molecule has 5 nitrogen and oxygen atoms in total. The van der Waals surface area contributed by atoms with Crippen molar-refractivity contribution in [2.75, 3.05) is 19.8 Å². The lowest BCUT2D eigenvalue weighted by atomic mass is 9.88. The minimum Gasteiger partial charge on any atom is -0.469 e. The van der Waals surface area contributed by atoms with E-state index in [2.05, 4.69) is 29.7 Å². The monoisotopic (exact) mass is 342 g/mol. The normalized spacial score (nSPS) is 17.8. The first kappa shape index (κ1) is 17.7. The van der Waals surface area contributed by atoms with Crippen molar-refractivity contribution in [1.29, 1.82) is 0 Å². The first-order valence-electron chi connectivity index (χ1n) is 8.82. The smallest absolute Gasteiger partial charge is 0.254 e. The molecule has 0 unspecified atom stereocenters. The van der Waals surface area contributed by atoms with Crippen molar-refractivity contribution in [3.05, 3.63) is 59.5 Å². The van der Waals surface area contributed by atoms with E-state index in [1.807, 2.05) is 18.2 Å². The van der Waals surface area contributed by atoms with E-state index in [0.717, 1.165) is 12.8 Å². The van der Waals surface area contributed by atoms with E-state index in [9.17, 15) is 4.79 Å². The predicted molar refractivity (Wildman–Crippen MR) is 96.6 cm³/mol. The zero-order valence-electron chi connectivity index (χ0n) is 14.9. The molecule has 25 heavy (non-hydrogen) atoms. The molecule has 3 rings (SSSR count). The summed E-state index contributed by atoms with van der Waals surface area (Å²) >= 11 is 0. The highest BCUT2D eigenvalue weighted by Crippen LogP contribution is 2.25. The maximum atomic E-state index is 12.4. The Hall–Kier alpha value is -2.11. The number of nitrogens with one attached hydrogen (secondary N) is 2. The van der Waals surface area contributed by atoms with Crippen LogP contribution in [0.3, 0.4) is 0 Å². The van der Waals surface area contributed by atoms with Crippen LogP contribution in [-0.4, -0.2) is 31.2 Å². The zero-order chi connectivity index (χ0) is 17.7. The molecule has 0 spiro atoms. The standard InChI is InChI=1S/C20H26N2O3/c1-15(17-6-4-3-5-7-17)22-20(9-12-24-13-10-20)14-21-19(23)18-8-11-25-16(18)2/h3-8,11,15,22H,9-10,12-14H2,1-2H3,(H,21,23)/t15-/m0/s1. The highest BCUT2D eigenvalue weighted by atomic mass is 16.5. The fourth-order valence-electron chi connectivity index (χ4n) is 3.38. The molecule has 1 aromatic heterocycles. The van der Waals surface area contributed by atoms with Gasteiger partial charge in [-0.1, -0.05) is 30.3 Å². The van der Waals surface area contributed by atoms with Crippen LogP contribution in [0.5, 0.6) is 0 Å². The van der Waals surface area contributed by atoms with Crippen molar-refractivity contribution in [2.45, 2.75) is 38.3 Å². The molecule has 5 heteroatoms. The second-order valence-electron chi connectivity index (χ2n) is 6.74. The molecule has 1 aromatic carbocycles. The maximum Gasteiger partial charge on any atom is 0.254 e. The van der Waals surface area contributed by atoms with Crippen LogP contribution >= 0.6 is 0 Å². The van der Waals surface area contributed by atoms with Gasteiger partial charge in [0.2, 0.25) is 0 Å². The summed E-state index contributed by atoms with van der Waals surface area (Å²) in [5.74, 6) is 0.551. The lowest BCUT2D eigenvalue weighted by molar-refractivity contribution is 0.0332. The van der Waals surface area contributed by atoms with E-state index in [1.54, 1.807) is 19.3 Å². The predicted octanol–water partition coefficient (Wildman–Crippen LogP) is 3.22. The average molecular weight is 342 g/mol. The number of amides is 1. The summed E-state index contributed by atoms with van der Waals surface area (Å²) in [4.78, 5) is 12.4. The average Bonchev–Trinajstić information content (AvgIpc) is 3.07. The topological polar surface area (TPSA) is 63.5 Å². The van der Waals surface area contributed by atoms with E-state index in [0.29, 0.717) is 31.1 Å². The molecule has 2 N–H and O–H groups in total. The Balaban J connectivity index is 1.68. The zero-order valence-corrected chi connectivity index (χ0v) is 14.9. The summed E-state index contributed by atoms with van der Waals surface area (Å²) in [6, 6.07) is 12.3. The molecule has 0 saturated carbocycles. The minimum absolute atomic E-state index is 0.0914. The van der Waals surface area contributed by atoms with Crippen molar-refractivity contribution in [2.24, 2.45) is 0 Å². The summed E-state index contributed by atoms with van der Waals surface area (Å²) in [5.41, 5.74) is 1.67. The summed E-state index contributed by atoms with van der Waals surface area (Å²) in [6.07, 6.45) is 3.29. The van der Waals surface area contributed by atoms with E-state index >= 15 is 0 Å². The highest BCUT2D eigenvalue weighted by Gasteiger charge is 2.34. The SMILES string of the molecule is Cc1occc1C(=O)NCC1(N[C@@H](C)c2ccccc2)CCOCC1. The van der Waals surface area contributed by atoms with Gasteiger partial charge in [-0.15, -0.1) is 0 Å². The molecule has 1 atom stereocenters. The quantitative estimate of drug-likeness (QED) is 0.846.